The summed E-state index contributed by atoms with van der Waals surface area (Å²) in [6.45, 7) is 5.27. The predicted octanol–water partition coefficient (Wildman–Crippen LogP) is 2.97. The van der Waals surface area contributed by atoms with Gasteiger partial charge in [-0.1, -0.05) is 24.4 Å². The number of aromatic nitrogens is 2. The van der Waals surface area contributed by atoms with Gasteiger partial charge < -0.3 is 10.5 Å². The number of halogens is 1. The van der Waals surface area contributed by atoms with Crippen molar-refractivity contribution < 1.29 is 9.13 Å². The maximum Gasteiger partial charge on any atom is 0.249 e. The molecule has 1 aromatic heterocycles. The Morgan fingerprint density at radius 3 is 2.60 bits per heavy atom. The number of hydrogen-bond donors (Lipinski definition) is 1. The van der Waals surface area contributed by atoms with Gasteiger partial charge in [0.25, 0.3) is 0 Å². The van der Waals surface area contributed by atoms with Crippen molar-refractivity contribution in [2.75, 3.05) is 0 Å². The third-order valence-electron chi connectivity index (χ3n) is 3.03. The van der Waals surface area contributed by atoms with E-state index in [1.54, 1.807) is 26.0 Å². The van der Waals surface area contributed by atoms with Gasteiger partial charge in [-0.25, -0.2) is 4.39 Å². The summed E-state index contributed by atoms with van der Waals surface area (Å²) in [5, 5.41) is 7.88. The van der Waals surface area contributed by atoms with Gasteiger partial charge in [0.2, 0.25) is 5.88 Å². The molecule has 0 saturated carbocycles. The fourth-order valence-electron chi connectivity index (χ4n) is 1.75. The summed E-state index contributed by atoms with van der Waals surface area (Å²) in [4.78, 5) is 0.142. The smallest absolute Gasteiger partial charge is 0.249 e. The average molecular weight is 291 g/mol. The van der Waals surface area contributed by atoms with Crippen LogP contribution in [0.5, 0.6) is 11.6 Å². The molecule has 0 fully saturated rings. The minimum Gasteiger partial charge on any atom is -0.434 e. The zero-order chi connectivity index (χ0) is 14.9. The van der Waals surface area contributed by atoms with Gasteiger partial charge in [0, 0.05) is 0 Å². The number of nitrogens with zero attached hydrogens (tertiary/aromatic N) is 2. The molecule has 0 amide bonds. The van der Waals surface area contributed by atoms with Gasteiger partial charge in [-0.05, 0) is 38.0 Å². The van der Waals surface area contributed by atoms with Crippen molar-refractivity contribution in [2.24, 2.45) is 5.73 Å². The van der Waals surface area contributed by atoms with E-state index in [1.807, 2.05) is 6.92 Å². The molecule has 0 bridgehead atoms. The highest BCUT2D eigenvalue weighted by Gasteiger charge is 2.17. The van der Waals surface area contributed by atoms with Crippen molar-refractivity contribution in [1.82, 2.24) is 10.2 Å². The molecular weight excluding hydrogens is 277 g/mol. The number of benzene rings is 1. The summed E-state index contributed by atoms with van der Waals surface area (Å²) in [6.07, 6.45) is 0. The summed E-state index contributed by atoms with van der Waals surface area (Å²) in [6, 6.07) is 4.87. The molecule has 20 heavy (non-hydrogen) atoms. The van der Waals surface area contributed by atoms with E-state index in [2.05, 4.69) is 10.2 Å². The summed E-state index contributed by atoms with van der Waals surface area (Å²) < 4.78 is 19.5. The molecule has 0 saturated heterocycles. The van der Waals surface area contributed by atoms with Crippen LogP contribution in [0.25, 0.3) is 0 Å². The standard InChI is InChI=1S/C14H14FN3OS/c1-7-5-4-6-10(12(7)15)19-14-11(13(16)20)8(2)9(3)17-18-14/h4-6H,1-3H3,(H2,16,20). The van der Waals surface area contributed by atoms with Crippen molar-refractivity contribution in [2.45, 2.75) is 20.8 Å². The number of aryl methyl sites for hydroxylation is 2. The first-order valence-corrected chi connectivity index (χ1v) is 6.39. The van der Waals surface area contributed by atoms with Crippen LogP contribution in [0.1, 0.15) is 22.4 Å². The predicted molar refractivity (Wildman–Crippen MR) is 78.6 cm³/mol. The molecule has 1 heterocycles. The van der Waals surface area contributed by atoms with Gasteiger partial charge in [-0.2, -0.15) is 5.10 Å². The molecule has 0 atom stereocenters. The third-order valence-corrected chi connectivity index (χ3v) is 3.24. The fraction of sp³-hybridized carbons (Fsp3) is 0.214. The Hall–Kier alpha value is -2.08. The van der Waals surface area contributed by atoms with Crippen molar-refractivity contribution in [3.63, 3.8) is 0 Å². The molecule has 1 aromatic carbocycles. The number of rotatable bonds is 3. The molecule has 2 rings (SSSR count). The van der Waals surface area contributed by atoms with Crippen molar-refractivity contribution in [3.05, 3.63) is 46.4 Å². The van der Waals surface area contributed by atoms with Gasteiger partial charge in [0.05, 0.1) is 11.3 Å². The number of nitrogens with two attached hydrogens (primary N) is 1. The van der Waals surface area contributed by atoms with Crippen LogP contribution in [0.3, 0.4) is 0 Å². The fourth-order valence-corrected chi connectivity index (χ4v) is 1.99. The van der Waals surface area contributed by atoms with Crippen LogP contribution in [0.4, 0.5) is 4.39 Å². The molecule has 2 N–H and O–H groups in total. The Kier molecular flexibility index (Phi) is 3.94. The molecule has 2 aromatic rings. The molecule has 104 valence electrons. The van der Waals surface area contributed by atoms with Crippen LogP contribution < -0.4 is 10.5 Å². The van der Waals surface area contributed by atoms with E-state index in [0.29, 0.717) is 16.8 Å². The van der Waals surface area contributed by atoms with Gasteiger partial charge in [-0.15, -0.1) is 5.10 Å². The summed E-state index contributed by atoms with van der Waals surface area (Å²) in [7, 11) is 0. The number of thiocarbonyl (C=S) groups is 1. The van der Waals surface area contributed by atoms with Crippen molar-refractivity contribution >= 4 is 17.2 Å². The first-order valence-electron chi connectivity index (χ1n) is 5.98. The largest absolute Gasteiger partial charge is 0.434 e. The molecule has 0 aliphatic carbocycles. The van der Waals surface area contributed by atoms with Gasteiger partial charge in [0.1, 0.15) is 4.99 Å². The summed E-state index contributed by atoms with van der Waals surface area (Å²) >= 11 is 5.01. The Balaban J connectivity index is 2.52. The second-order valence-electron chi connectivity index (χ2n) is 4.44. The van der Waals surface area contributed by atoms with E-state index in [9.17, 15) is 4.39 Å². The lowest BCUT2D eigenvalue weighted by Crippen LogP contribution is -2.15. The molecule has 4 nitrogen and oxygen atoms in total. The van der Waals surface area contributed by atoms with Crippen LogP contribution in [-0.4, -0.2) is 15.2 Å². The zero-order valence-electron chi connectivity index (χ0n) is 11.4. The molecule has 0 aliphatic rings. The Labute approximate surface area is 121 Å². The van der Waals surface area contributed by atoms with Crippen LogP contribution in [0.2, 0.25) is 0 Å². The lowest BCUT2D eigenvalue weighted by molar-refractivity contribution is 0.418. The van der Waals surface area contributed by atoms with Crippen molar-refractivity contribution in [1.29, 1.82) is 0 Å². The van der Waals surface area contributed by atoms with E-state index >= 15 is 0 Å². The normalized spacial score (nSPS) is 10.4. The van der Waals surface area contributed by atoms with E-state index in [0.717, 1.165) is 5.56 Å². The Morgan fingerprint density at radius 2 is 1.95 bits per heavy atom. The van der Waals surface area contributed by atoms with Crippen LogP contribution in [0, 0.1) is 26.6 Å². The topological polar surface area (TPSA) is 61.0 Å². The maximum absolute atomic E-state index is 14.0. The second kappa shape index (κ2) is 5.50. The monoisotopic (exact) mass is 291 g/mol. The first kappa shape index (κ1) is 14.3. The highest BCUT2D eigenvalue weighted by atomic mass is 32.1. The Bertz CT molecular complexity index is 688. The van der Waals surface area contributed by atoms with Gasteiger partial charge in [-0.3, -0.25) is 0 Å². The number of hydrogen-bond acceptors (Lipinski definition) is 4. The SMILES string of the molecule is Cc1cccc(Oc2nnc(C)c(C)c2C(N)=S)c1F. The minimum atomic E-state index is -0.443. The lowest BCUT2D eigenvalue weighted by Gasteiger charge is -2.13. The summed E-state index contributed by atoms with van der Waals surface area (Å²) in [5.41, 5.74) is 8.13. The van der Waals surface area contributed by atoms with Crippen LogP contribution >= 0.6 is 12.2 Å². The molecule has 0 aliphatic heterocycles. The Morgan fingerprint density at radius 1 is 1.25 bits per heavy atom. The lowest BCUT2D eigenvalue weighted by atomic mass is 10.1. The zero-order valence-corrected chi connectivity index (χ0v) is 12.2. The van der Waals surface area contributed by atoms with Gasteiger partial charge in [0.15, 0.2) is 11.6 Å². The van der Waals surface area contributed by atoms with Crippen molar-refractivity contribution in [3.8, 4) is 11.6 Å². The molecule has 0 radical (unpaired) electrons. The summed E-state index contributed by atoms with van der Waals surface area (Å²) in [5.74, 6) is -0.258. The minimum absolute atomic E-state index is 0.0695. The molecule has 6 heteroatoms. The highest BCUT2D eigenvalue weighted by molar-refractivity contribution is 7.80. The maximum atomic E-state index is 14.0. The van der Waals surface area contributed by atoms with E-state index < -0.39 is 5.82 Å². The van der Waals surface area contributed by atoms with Crippen LogP contribution in [-0.2, 0) is 0 Å². The van der Waals surface area contributed by atoms with E-state index in [1.165, 1.54) is 6.07 Å². The number of ether oxygens (including phenoxy) is 1. The second-order valence-corrected chi connectivity index (χ2v) is 4.88. The molecular formula is C14H14FN3OS. The molecule has 0 unspecified atom stereocenters. The van der Waals surface area contributed by atoms with Crippen LogP contribution in [0.15, 0.2) is 18.2 Å². The van der Waals surface area contributed by atoms with E-state index in [4.69, 9.17) is 22.7 Å². The van der Waals surface area contributed by atoms with Gasteiger partial charge >= 0.3 is 0 Å². The quantitative estimate of drug-likeness (QED) is 0.881. The third kappa shape index (κ3) is 2.60. The first-order chi connectivity index (χ1) is 9.41. The molecule has 0 spiro atoms. The van der Waals surface area contributed by atoms with E-state index in [-0.39, 0.29) is 16.6 Å². The highest BCUT2D eigenvalue weighted by Crippen LogP contribution is 2.28. The average Bonchev–Trinajstić information content (AvgIpc) is 2.39.